The van der Waals surface area contributed by atoms with Crippen LogP contribution < -0.4 is 4.74 Å². The normalized spacial score (nSPS) is 18.3. The van der Waals surface area contributed by atoms with Crippen LogP contribution in [0.25, 0.3) is 0 Å². The molecule has 0 unspecified atom stereocenters. The molecule has 2 atom stereocenters. The summed E-state index contributed by atoms with van der Waals surface area (Å²) in [4.78, 5) is 36.7. The second kappa shape index (κ2) is 10.6. The number of ether oxygens (including phenoxy) is 2. The Morgan fingerprint density at radius 2 is 1.74 bits per heavy atom. The number of nitrogens with zero attached hydrogens (tertiary/aromatic N) is 1. The van der Waals surface area contributed by atoms with Crippen LogP contribution in [-0.2, 0) is 14.3 Å². The van der Waals surface area contributed by atoms with Gasteiger partial charge in [-0.2, -0.15) is 0 Å². The monoisotopic (exact) mass is 429 g/mol. The molecule has 0 spiro atoms. The number of hydrogen-bond donors (Lipinski definition) is 1. The molecule has 1 aliphatic rings. The van der Waals surface area contributed by atoms with Gasteiger partial charge in [0.2, 0.25) is 0 Å². The van der Waals surface area contributed by atoms with Crippen LogP contribution in [0.4, 0.5) is 9.18 Å². The summed E-state index contributed by atoms with van der Waals surface area (Å²) in [6.45, 7) is 0.757. The molecule has 1 N–H and O–H groups in total. The number of amides is 1. The van der Waals surface area contributed by atoms with Crippen LogP contribution in [0, 0.1) is 11.7 Å². The summed E-state index contributed by atoms with van der Waals surface area (Å²) in [5, 5.41) is 8.71. The first-order valence-electron chi connectivity index (χ1n) is 10.1. The fourth-order valence-corrected chi connectivity index (χ4v) is 3.65. The van der Waals surface area contributed by atoms with Crippen LogP contribution in [0.15, 0.2) is 54.6 Å². The summed E-state index contributed by atoms with van der Waals surface area (Å²) in [6.07, 6.45) is -0.429. The molecule has 1 amide bonds. The van der Waals surface area contributed by atoms with Crippen molar-refractivity contribution in [2.24, 2.45) is 5.92 Å². The number of para-hydroxylation sites is 1. The Bertz CT molecular complexity index is 902. The van der Waals surface area contributed by atoms with E-state index in [4.69, 9.17) is 14.6 Å². The molecule has 7 nitrogen and oxygen atoms in total. The topological polar surface area (TPSA) is 93.1 Å². The quantitative estimate of drug-likeness (QED) is 0.673. The van der Waals surface area contributed by atoms with E-state index in [2.05, 4.69) is 0 Å². The highest BCUT2D eigenvalue weighted by atomic mass is 19.1. The Morgan fingerprint density at radius 1 is 1.03 bits per heavy atom. The standard InChI is InChI=1S/C23H24FNO6/c24-18-8-6-16(7-9-18)20-12-13-25(23(29)31-19-4-2-1-3-5-19)14-17(20)15-30-22(28)11-10-21(26)27/h1-9,17,20H,10-15H2,(H,26,27)/t17-,20-/m0/s1. The van der Waals surface area contributed by atoms with E-state index in [1.807, 2.05) is 6.07 Å². The van der Waals surface area contributed by atoms with Crippen molar-refractivity contribution in [3.63, 3.8) is 0 Å². The van der Waals surface area contributed by atoms with E-state index < -0.39 is 18.0 Å². The molecular formula is C23H24FNO6. The molecule has 2 aromatic rings. The van der Waals surface area contributed by atoms with E-state index in [-0.39, 0.29) is 37.1 Å². The van der Waals surface area contributed by atoms with Gasteiger partial charge < -0.3 is 19.5 Å². The van der Waals surface area contributed by atoms with Crippen molar-refractivity contribution in [1.82, 2.24) is 4.90 Å². The molecule has 1 saturated heterocycles. The van der Waals surface area contributed by atoms with E-state index in [1.165, 1.54) is 12.1 Å². The first kappa shape index (κ1) is 22.3. The molecule has 31 heavy (non-hydrogen) atoms. The molecular weight excluding hydrogens is 405 g/mol. The highest BCUT2D eigenvalue weighted by Gasteiger charge is 2.34. The van der Waals surface area contributed by atoms with Gasteiger partial charge in [0.05, 0.1) is 19.4 Å². The third-order valence-corrected chi connectivity index (χ3v) is 5.24. The number of hydrogen-bond acceptors (Lipinski definition) is 5. The second-order valence-electron chi connectivity index (χ2n) is 7.41. The van der Waals surface area contributed by atoms with Crippen molar-refractivity contribution in [2.75, 3.05) is 19.7 Å². The van der Waals surface area contributed by atoms with Gasteiger partial charge in [0, 0.05) is 19.0 Å². The average Bonchev–Trinajstić information content (AvgIpc) is 2.77. The summed E-state index contributed by atoms with van der Waals surface area (Å²) in [5.41, 5.74) is 0.893. The Balaban J connectivity index is 1.67. The lowest BCUT2D eigenvalue weighted by Crippen LogP contribution is -2.45. The largest absolute Gasteiger partial charge is 0.481 e. The van der Waals surface area contributed by atoms with Crippen molar-refractivity contribution in [2.45, 2.75) is 25.2 Å². The highest BCUT2D eigenvalue weighted by molar-refractivity contribution is 5.76. The van der Waals surface area contributed by atoms with Gasteiger partial charge in [0.1, 0.15) is 11.6 Å². The molecule has 1 fully saturated rings. The van der Waals surface area contributed by atoms with Crippen molar-refractivity contribution >= 4 is 18.0 Å². The van der Waals surface area contributed by atoms with E-state index in [9.17, 15) is 18.8 Å². The molecule has 0 bridgehead atoms. The van der Waals surface area contributed by atoms with Gasteiger partial charge in [-0.25, -0.2) is 9.18 Å². The number of likely N-dealkylation sites (tertiary alicyclic amines) is 1. The molecule has 164 valence electrons. The Morgan fingerprint density at radius 3 is 2.42 bits per heavy atom. The third-order valence-electron chi connectivity index (χ3n) is 5.24. The molecule has 0 radical (unpaired) electrons. The zero-order valence-corrected chi connectivity index (χ0v) is 16.9. The first-order valence-corrected chi connectivity index (χ1v) is 10.1. The number of esters is 1. The predicted octanol–water partition coefficient (Wildman–Crippen LogP) is 3.84. The number of carbonyl (C=O) groups is 3. The van der Waals surface area contributed by atoms with Gasteiger partial charge in [-0.05, 0) is 42.2 Å². The molecule has 3 rings (SSSR count). The van der Waals surface area contributed by atoms with Gasteiger partial charge in [0.25, 0.3) is 0 Å². The lowest BCUT2D eigenvalue weighted by molar-refractivity contribution is -0.149. The van der Waals surface area contributed by atoms with Gasteiger partial charge in [-0.3, -0.25) is 9.59 Å². The first-order chi connectivity index (χ1) is 14.9. The summed E-state index contributed by atoms with van der Waals surface area (Å²) < 4.78 is 24.1. The highest BCUT2D eigenvalue weighted by Crippen LogP contribution is 2.34. The molecule has 1 heterocycles. The minimum atomic E-state index is -1.08. The number of halogens is 1. The van der Waals surface area contributed by atoms with Crippen LogP contribution in [-0.4, -0.2) is 47.7 Å². The number of carboxylic acid groups (broad SMARTS) is 1. The SMILES string of the molecule is O=C(O)CCC(=O)OC[C@@H]1CN(C(=O)Oc2ccccc2)CC[C@H]1c1ccc(F)cc1. The van der Waals surface area contributed by atoms with Crippen LogP contribution in [0.3, 0.4) is 0 Å². The summed E-state index contributed by atoms with van der Waals surface area (Å²) in [7, 11) is 0. The minimum absolute atomic E-state index is 0.0234. The van der Waals surface area contributed by atoms with Crippen molar-refractivity contribution < 1.29 is 33.4 Å². The van der Waals surface area contributed by atoms with Gasteiger partial charge in [-0.15, -0.1) is 0 Å². The Labute approximate surface area is 179 Å². The molecule has 8 heteroatoms. The Kier molecular flexibility index (Phi) is 7.59. The third kappa shape index (κ3) is 6.53. The van der Waals surface area contributed by atoms with Crippen LogP contribution >= 0.6 is 0 Å². The lowest BCUT2D eigenvalue weighted by atomic mass is 9.81. The average molecular weight is 429 g/mol. The van der Waals surface area contributed by atoms with Gasteiger partial charge >= 0.3 is 18.0 Å². The molecule has 2 aromatic carbocycles. The predicted molar refractivity (Wildman–Crippen MR) is 109 cm³/mol. The number of carbonyl (C=O) groups excluding carboxylic acids is 2. The number of carboxylic acids is 1. The lowest BCUT2D eigenvalue weighted by Gasteiger charge is -2.38. The van der Waals surface area contributed by atoms with Crippen LogP contribution in [0.5, 0.6) is 5.75 Å². The maximum Gasteiger partial charge on any atom is 0.415 e. The Hall–Kier alpha value is -3.42. The maximum atomic E-state index is 13.3. The van der Waals surface area contributed by atoms with E-state index in [1.54, 1.807) is 41.3 Å². The summed E-state index contributed by atoms with van der Waals surface area (Å²) in [5.74, 6) is -1.88. The van der Waals surface area contributed by atoms with Crippen LogP contribution in [0.1, 0.15) is 30.7 Å². The number of benzene rings is 2. The minimum Gasteiger partial charge on any atom is -0.481 e. The molecule has 1 aliphatic heterocycles. The fraction of sp³-hybridized carbons (Fsp3) is 0.348. The van der Waals surface area contributed by atoms with Crippen molar-refractivity contribution in [3.05, 3.63) is 66.0 Å². The fourth-order valence-electron chi connectivity index (χ4n) is 3.65. The van der Waals surface area contributed by atoms with Gasteiger partial charge in [-0.1, -0.05) is 30.3 Å². The number of piperidine rings is 1. The number of rotatable bonds is 7. The second-order valence-corrected chi connectivity index (χ2v) is 7.41. The smallest absolute Gasteiger partial charge is 0.415 e. The van der Waals surface area contributed by atoms with Crippen molar-refractivity contribution in [1.29, 1.82) is 0 Å². The summed E-state index contributed by atoms with van der Waals surface area (Å²) >= 11 is 0. The maximum absolute atomic E-state index is 13.3. The molecule has 0 aliphatic carbocycles. The molecule has 0 aromatic heterocycles. The zero-order chi connectivity index (χ0) is 22.2. The number of aliphatic carboxylic acids is 1. The van der Waals surface area contributed by atoms with Gasteiger partial charge in [0.15, 0.2) is 0 Å². The summed E-state index contributed by atoms with van der Waals surface area (Å²) in [6, 6.07) is 14.9. The van der Waals surface area contributed by atoms with E-state index in [0.717, 1.165) is 5.56 Å². The van der Waals surface area contributed by atoms with E-state index >= 15 is 0 Å². The molecule has 0 saturated carbocycles. The zero-order valence-electron chi connectivity index (χ0n) is 16.9. The van der Waals surface area contributed by atoms with Crippen molar-refractivity contribution in [3.8, 4) is 5.75 Å². The van der Waals surface area contributed by atoms with Crippen LogP contribution in [0.2, 0.25) is 0 Å². The van der Waals surface area contributed by atoms with E-state index in [0.29, 0.717) is 25.3 Å².